The van der Waals surface area contributed by atoms with E-state index in [-0.39, 0.29) is 28.3 Å². The van der Waals surface area contributed by atoms with Crippen LogP contribution < -0.4 is 10.6 Å². The van der Waals surface area contributed by atoms with Gasteiger partial charge in [-0.05, 0) is 64.2 Å². The van der Waals surface area contributed by atoms with Gasteiger partial charge in [-0.25, -0.2) is 4.79 Å². The van der Waals surface area contributed by atoms with E-state index in [1.807, 2.05) is 26.8 Å². The Labute approximate surface area is 200 Å². The van der Waals surface area contributed by atoms with Crippen LogP contribution in [-0.2, 0) is 19.6 Å². The highest BCUT2D eigenvalue weighted by molar-refractivity contribution is 7.90. The summed E-state index contributed by atoms with van der Waals surface area (Å²) in [4.78, 5) is 28.3. The number of rotatable bonds is 5. The minimum atomic E-state index is -4.63. The molecule has 10 nitrogen and oxygen atoms in total. The van der Waals surface area contributed by atoms with E-state index in [9.17, 15) is 22.6 Å². The molecule has 0 bridgehead atoms. The van der Waals surface area contributed by atoms with Gasteiger partial charge < -0.3 is 25.2 Å². The summed E-state index contributed by atoms with van der Waals surface area (Å²) in [6.45, 7) is 7.62. The van der Waals surface area contributed by atoms with Gasteiger partial charge in [-0.15, -0.1) is 0 Å². The molecule has 4 rings (SSSR count). The normalized spacial score (nSPS) is 22.6. The number of hydrogen-bond donors (Lipinski definition) is 3. The van der Waals surface area contributed by atoms with Crippen LogP contribution in [0.5, 0.6) is 0 Å². The lowest BCUT2D eigenvalue weighted by Gasteiger charge is -2.34. The van der Waals surface area contributed by atoms with Gasteiger partial charge in [0.1, 0.15) is 16.3 Å². The Kier molecular flexibility index (Phi) is 6.52. The molecule has 0 radical (unpaired) electrons. The largest absolute Gasteiger partial charge is 0.444 e. The highest BCUT2D eigenvalue weighted by Gasteiger charge is 2.41. The molecule has 0 aromatic carbocycles. The zero-order valence-electron chi connectivity index (χ0n) is 19.7. The minimum Gasteiger partial charge on any atom is -0.444 e. The van der Waals surface area contributed by atoms with E-state index < -0.39 is 21.6 Å². The first-order chi connectivity index (χ1) is 15.9. The second kappa shape index (κ2) is 9.10. The quantitative estimate of drug-likeness (QED) is 0.496. The second-order valence-electron chi connectivity index (χ2n) is 9.95. The van der Waals surface area contributed by atoms with Gasteiger partial charge in [0.2, 0.25) is 0 Å². The van der Waals surface area contributed by atoms with E-state index in [1.165, 1.54) is 0 Å². The maximum Gasteiger partial charge on any atom is 0.410 e. The maximum absolute atomic E-state index is 13.0. The first-order valence-electron chi connectivity index (χ1n) is 11.6. The zero-order chi connectivity index (χ0) is 24.7. The Balaban J connectivity index is 1.34. The lowest BCUT2D eigenvalue weighted by atomic mass is 9.93. The SMILES string of the molecule is CC(C)(C)OC(=O)N1CCC(CCNC(=O)C2=CC3CNC4=CC=CC(=C2S(=O)(=O)O)N43)CC1. The summed E-state index contributed by atoms with van der Waals surface area (Å²) in [5.74, 6) is 0.543. The van der Waals surface area contributed by atoms with E-state index in [4.69, 9.17) is 4.74 Å². The molecular weight excluding hydrogens is 460 g/mol. The predicted octanol–water partition coefficient (Wildman–Crippen LogP) is 1.86. The van der Waals surface area contributed by atoms with E-state index in [0.29, 0.717) is 38.5 Å². The minimum absolute atomic E-state index is 0.0342. The summed E-state index contributed by atoms with van der Waals surface area (Å²) >= 11 is 0. The van der Waals surface area contributed by atoms with E-state index in [0.717, 1.165) is 18.7 Å². The van der Waals surface area contributed by atoms with Gasteiger partial charge in [-0.2, -0.15) is 8.42 Å². The fourth-order valence-corrected chi connectivity index (χ4v) is 5.58. The molecule has 0 aromatic heterocycles. The van der Waals surface area contributed by atoms with Crippen molar-refractivity contribution in [3.8, 4) is 0 Å². The lowest BCUT2D eigenvalue weighted by molar-refractivity contribution is -0.117. The highest BCUT2D eigenvalue weighted by atomic mass is 32.2. The molecule has 1 unspecified atom stereocenters. The van der Waals surface area contributed by atoms with Crippen LogP contribution in [0.3, 0.4) is 0 Å². The molecule has 186 valence electrons. The van der Waals surface area contributed by atoms with Crippen molar-refractivity contribution in [2.24, 2.45) is 5.92 Å². The van der Waals surface area contributed by atoms with Crippen LogP contribution in [0.25, 0.3) is 0 Å². The van der Waals surface area contributed by atoms with Crippen molar-refractivity contribution in [3.05, 3.63) is 46.3 Å². The Morgan fingerprint density at radius 2 is 1.97 bits per heavy atom. The highest BCUT2D eigenvalue weighted by Crippen LogP contribution is 2.37. The van der Waals surface area contributed by atoms with Gasteiger partial charge in [0, 0.05) is 26.2 Å². The fourth-order valence-electron chi connectivity index (χ4n) is 4.71. The Morgan fingerprint density at radius 3 is 2.62 bits per heavy atom. The van der Waals surface area contributed by atoms with Crippen molar-refractivity contribution in [3.63, 3.8) is 0 Å². The molecule has 2 fully saturated rings. The molecule has 0 aromatic rings. The van der Waals surface area contributed by atoms with Gasteiger partial charge in [-0.3, -0.25) is 9.35 Å². The van der Waals surface area contributed by atoms with Crippen LogP contribution in [-0.4, -0.2) is 72.6 Å². The molecule has 4 aliphatic rings. The first-order valence-corrected chi connectivity index (χ1v) is 13.0. The zero-order valence-corrected chi connectivity index (χ0v) is 20.5. The van der Waals surface area contributed by atoms with Crippen molar-refractivity contribution in [2.75, 3.05) is 26.2 Å². The molecule has 0 spiro atoms. The Bertz CT molecular complexity index is 1090. The Morgan fingerprint density at radius 1 is 1.26 bits per heavy atom. The van der Waals surface area contributed by atoms with Crippen LogP contribution in [0, 0.1) is 5.92 Å². The van der Waals surface area contributed by atoms with Crippen LogP contribution >= 0.6 is 0 Å². The molecule has 3 N–H and O–H groups in total. The monoisotopic (exact) mass is 492 g/mol. The van der Waals surface area contributed by atoms with Gasteiger partial charge in [0.25, 0.3) is 16.0 Å². The number of piperidine rings is 1. The smallest absolute Gasteiger partial charge is 0.410 e. The van der Waals surface area contributed by atoms with Crippen molar-refractivity contribution in [1.82, 2.24) is 20.4 Å². The number of hydrogen-bond acceptors (Lipinski definition) is 7. The number of amides is 2. The standard InChI is InChI=1S/C23H32N4O6S/c1-23(2,3)33-22(29)26-11-8-15(9-12-26)7-10-24-21(28)17-13-16-14-25-19-6-4-5-18(27(16)19)20(17)34(30,31)32/h4-6,13,15-16,25H,7-12,14H2,1-3H3,(H,24,28)(H,30,31,32). The first kappa shape index (κ1) is 24.3. The van der Waals surface area contributed by atoms with Crippen molar-refractivity contribution in [2.45, 2.75) is 51.7 Å². The number of carbonyl (C=O) groups excluding carboxylic acids is 2. The third-order valence-electron chi connectivity index (χ3n) is 6.29. The fraction of sp³-hybridized carbons (Fsp3) is 0.565. The number of nitrogens with zero attached hydrogens (tertiary/aromatic N) is 2. The molecule has 34 heavy (non-hydrogen) atoms. The molecule has 0 saturated carbocycles. The molecule has 1 atom stereocenters. The third kappa shape index (κ3) is 5.15. The molecule has 2 amide bonds. The average molecular weight is 493 g/mol. The van der Waals surface area contributed by atoms with Crippen molar-refractivity contribution in [1.29, 1.82) is 0 Å². The number of likely N-dealkylation sites (tertiary alicyclic amines) is 1. The van der Waals surface area contributed by atoms with Crippen LogP contribution in [0.1, 0.15) is 40.0 Å². The molecule has 4 aliphatic heterocycles. The second-order valence-corrected chi connectivity index (χ2v) is 11.3. The molecular formula is C23H32N4O6S. The molecule has 11 heteroatoms. The number of nitrogens with one attached hydrogen (secondary N) is 2. The maximum atomic E-state index is 13.0. The average Bonchev–Trinajstić information content (AvgIpc) is 3.16. The molecule has 4 heterocycles. The Hall–Kier alpha value is -2.79. The topological polar surface area (TPSA) is 128 Å². The van der Waals surface area contributed by atoms with E-state index in [1.54, 1.807) is 28.0 Å². The number of carbonyl (C=O) groups is 2. The van der Waals surface area contributed by atoms with Gasteiger partial charge in [-0.1, -0.05) is 6.08 Å². The summed E-state index contributed by atoms with van der Waals surface area (Å²) < 4.78 is 39.8. The number of allylic oxidation sites excluding steroid dienone is 3. The molecule has 2 saturated heterocycles. The van der Waals surface area contributed by atoms with Gasteiger partial charge in [0.15, 0.2) is 0 Å². The number of ether oxygens (including phenoxy) is 1. The van der Waals surface area contributed by atoms with Gasteiger partial charge in [0.05, 0.1) is 17.3 Å². The molecule has 0 aliphatic carbocycles. The van der Waals surface area contributed by atoms with Crippen LogP contribution in [0.4, 0.5) is 4.79 Å². The van der Waals surface area contributed by atoms with Crippen LogP contribution in [0.2, 0.25) is 0 Å². The van der Waals surface area contributed by atoms with Gasteiger partial charge >= 0.3 is 6.09 Å². The third-order valence-corrected chi connectivity index (χ3v) is 7.24. The van der Waals surface area contributed by atoms with E-state index in [2.05, 4.69) is 10.6 Å². The van der Waals surface area contributed by atoms with E-state index >= 15 is 0 Å². The van der Waals surface area contributed by atoms with Crippen molar-refractivity contribution < 1.29 is 27.3 Å². The predicted molar refractivity (Wildman–Crippen MR) is 126 cm³/mol. The van der Waals surface area contributed by atoms with Crippen molar-refractivity contribution >= 4 is 22.1 Å². The summed E-state index contributed by atoms with van der Waals surface area (Å²) in [5, 5.41) is 6.00. The summed E-state index contributed by atoms with van der Waals surface area (Å²) in [6.07, 6.45) is 8.70. The summed E-state index contributed by atoms with van der Waals surface area (Å²) in [7, 11) is -4.63. The van der Waals surface area contributed by atoms with Crippen LogP contribution in [0.15, 0.2) is 46.3 Å². The summed E-state index contributed by atoms with van der Waals surface area (Å²) in [6, 6.07) is -0.213. The summed E-state index contributed by atoms with van der Waals surface area (Å²) in [5.41, 5.74) is -0.274. The lowest BCUT2D eigenvalue weighted by Crippen LogP contribution is -2.42.